The van der Waals surface area contributed by atoms with Gasteiger partial charge in [0.2, 0.25) is 0 Å². The highest BCUT2D eigenvalue weighted by Crippen LogP contribution is 2.42. The molecule has 2 aromatic heterocycles. The summed E-state index contributed by atoms with van der Waals surface area (Å²) in [6, 6.07) is 6.71. The monoisotopic (exact) mass is 470 g/mol. The molecule has 0 radical (unpaired) electrons. The van der Waals surface area contributed by atoms with Crippen LogP contribution in [0.1, 0.15) is 40.2 Å². The lowest BCUT2D eigenvalue weighted by atomic mass is 9.96. The van der Waals surface area contributed by atoms with E-state index in [0.717, 1.165) is 43.0 Å². The number of aromatic nitrogens is 2. The Hall–Kier alpha value is -1.84. The summed E-state index contributed by atoms with van der Waals surface area (Å²) < 4.78 is 31.1. The molecule has 1 saturated carbocycles. The maximum Gasteiger partial charge on any atom is 0.272 e. The summed E-state index contributed by atoms with van der Waals surface area (Å²) in [6.07, 6.45) is 0.342. The number of likely N-dealkylation sites (tertiary alicyclic amines) is 1. The molecule has 0 bridgehead atoms. The molecule has 3 atom stereocenters. The molecule has 2 aromatic rings. The van der Waals surface area contributed by atoms with Crippen LogP contribution in [0, 0.1) is 11.8 Å². The first-order valence-corrected chi connectivity index (χ1v) is 11.6. The van der Waals surface area contributed by atoms with Gasteiger partial charge in [-0.15, -0.1) is 21.5 Å². The molecule has 3 heterocycles. The van der Waals surface area contributed by atoms with Crippen LogP contribution < -0.4 is 4.90 Å². The van der Waals surface area contributed by atoms with Crippen molar-refractivity contribution in [2.45, 2.75) is 31.7 Å². The quantitative estimate of drug-likeness (QED) is 0.531. The molecular formula is C21H25ClF2N4O2S. The molecule has 31 heavy (non-hydrogen) atoms. The Balaban J connectivity index is 1.49. The van der Waals surface area contributed by atoms with E-state index in [9.17, 15) is 13.6 Å². The van der Waals surface area contributed by atoms with E-state index in [4.69, 9.17) is 16.3 Å². The first-order valence-electron chi connectivity index (χ1n) is 10.4. The van der Waals surface area contributed by atoms with E-state index < -0.39 is 6.43 Å². The molecule has 0 unspecified atom stereocenters. The molecule has 1 aliphatic heterocycles. The van der Waals surface area contributed by atoms with Crippen LogP contribution in [-0.2, 0) is 4.74 Å². The summed E-state index contributed by atoms with van der Waals surface area (Å²) in [4.78, 5) is 17.3. The minimum atomic E-state index is -2.55. The molecule has 4 rings (SSSR count). The van der Waals surface area contributed by atoms with Gasteiger partial charge in [-0.25, -0.2) is 8.78 Å². The summed E-state index contributed by atoms with van der Waals surface area (Å²) in [5.41, 5.74) is 0. The standard InChI is InChI=1S/C21H25ClF2N4O2S/c1-30-10-2-9-28(19-8-7-18(22)25-26-19)15-4-3-13-11-27(12-14(13)15)21(29)17-6-5-16(31-17)20(23)24/h5-8,13-15,20H,2-4,9-12H2,1H3/t13-,14+,15+/m1/s1. The number of rotatable bonds is 8. The normalized spacial score (nSPS) is 22.9. The SMILES string of the molecule is COCCCN(c1ccc(Cl)nn1)[C@H]1CC[C@@H]2CN(C(=O)c3ccc(C(F)F)s3)C[C@@H]21. The van der Waals surface area contributed by atoms with Crippen LogP contribution in [0.3, 0.4) is 0 Å². The van der Waals surface area contributed by atoms with E-state index in [-0.39, 0.29) is 16.8 Å². The van der Waals surface area contributed by atoms with Gasteiger partial charge in [0.25, 0.3) is 12.3 Å². The van der Waals surface area contributed by atoms with Gasteiger partial charge < -0.3 is 14.5 Å². The van der Waals surface area contributed by atoms with Gasteiger partial charge in [-0.05, 0) is 49.4 Å². The molecule has 1 amide bonds. The Labute approximate surface area is 189 Å². The zero-order chi connectivity index (χ0) is 22.0. The number of ether oxygens (including phenoxy) is 1. The number of fused-ring (bicyclic) bond motifs is 1. The molecule has 2 aliphatic rings. The van der Waals surface area contributed by atoms with Crippen LogP contribution >= 0.6 is 22.9 Å². The number of hydrogen-bond acceptors (Lipinski definition) is 6. The Kier molecular flexibility index (Phi) is 7.03. The second kappa shape index (κ2) is 9.75. The summed E-state index contributed by atoms with van der Waals surface area (Å²) in [7, 11) is 1.68. The Morgan fingerprint density at radius 2 is 2.13 bits per heavy atom. The van der Waals surface area contributed by atoms with E-state index in [0.29, 0.717) is 41.6 Å². The van der Waals surface area contributed by atoms with Crippen molar-refractivity contribution in [3.63, 3.8) is 0 Å². The number of carbonyl (C=O) groups is 1. The lowest BCUT2D eigenvalue weighted by molar-refractivity contribution is 0.0784. The molecule has 0 spiro atoms. The van der Waals surface area contributed by atoms with Crippen LogP contribution in [-0.4, -0.2) is 60.4 Å². The minimum absolute atomic E-state index is 0.0637. The van der Waals surface area contributed by atoms with Crippen LogP contribution in [0.2, 0.25) is 5.15 Å². The maximum absolute atomic E-state index is 12.9. The van der Waals surface area contributed by atoms with Gasteiger partial charge in [-0.2, -0.15) is 0 Å². The number of halogens is 3. The van der Waals surface area contributed by atoms with Gasteiger partial charge in [0, 0.05) is 45.3 Å². The van der Waals surface area contributed by atoms with E-state index in [1.54, 1.807) is 13.2 Å². The molecule has 6 nitrogen and oxygen atoms in total. The predicted molar refractivity (Wildman–Crippen MR) is 116 cm³/mol. The zero-order valence-corrected chi connectivity index (χ0v) is 18.8. The number of nitrogens with zero attached hydrogens (tertiary/aromatic N) is 4. The molecule has 10 heteroatoms. The zero-order valence-electron chi connectivity index (χ0n) is 17.2. The summed E-state index contributed by atoms with van der Waals surface area (Å²) in [5, 5.41) is 8.64. The lowest BCUT2D eigenvalue weighted by Gasteiger charge is -2.34. The Bertz CT molecular complexity index is 898. The van der Waals surface area contributed by atoms with E-state index in [2.05, 4.69) is 15.1 Å². The Morgan fingerprint density at radius 1 is 1.29 bits per heavy atom. The van der Waals surface area contributed by atoms with Gasteiger partial charge in [-0.3, -0.25) is 4.79 Å². The van der Waals surface area contributed by atoms with Crippen molar-refractivity contribution in [3.8, 4) is 0 Å². The van der Waals surface area contributed by atoms with Crippen molar-refractivity contribution < 1.29 is 18.3 Å². The third-order valence-electron chi connectivity index (χ3n) is 6.22. The van der Waals surface area contributed by atoms with Crippen LogP contribution in [0.15, 0.2) is 24.3 Å². The summed E-state index contributed by atoms with van der Waals surface area (Å²) in [5.74, 6) is 1.32. The van der Waals surface area contributed by atoms with Crippen molar-refractivity contribution in [1.82, 2.24) is 15.1 Å². The number of alkyl halides is 2. The van der Waals surface area contributed by atoms with Crippen LogP contribution in [0.4, 0.5) is 14.6 Å². The highest BCUT2D eigenvalue weighted by molar-refractivity contribution is 7.14. The van der Waals surface area contributed by atoms with Crippen molar-refractivity contribution in [2.75, 3.05) is 38.3 Å². The van der Waals surface area contributed by atoms with Gasteiger partial charge in [0.15, 0.2) is 11.0 Å². The third kappa shape index (κ3) is 4.83. The van der Waals surface area contributed by atoms with Crippen LogP contribution in [0.5, 0.6) is 0 Å². The largest absolute Gasteiger partial charge is 0.385 e. The average Bonchev–Trinajstić information content (AvgIpc) is 3.48. The average molecular weight is 471 g/mol. The van der Waals surface area contributed by atoms with E-state index in [1.807, 2.05) is 11.0 Å². The van der Waals surface area contributed by atoms with Gasteiger partial charge in [-0.1, -0.05) is 11.6 Å². The molecule has 1 aliphatic carbocycles. The number of thiophene rings is 1. The number of hydrogen-bond donors (Lipinski definition) is 0. The molecule has 168 valence electrons. The fourth-order valence-electron chi connectivity index (χ4n) is 4.82. The van der Waals surface area contributed by atoms with Gasteiger partial charge >= 0.3 is 0 Å². The number of amides is 1. The topological polar surface area (TPSA) is 58.6 Å². The molecule has 1 saturated heterocycles. The van der Waals surface area contributed by atoms with Crippen molar-refractivity contribution in [2.24, 2.45) is 11.8 Å². The lowest BCUT2D eigenvalue weighted by Crippen LogP contribution is -2.42. The van der Waals surface area contributed by atoms with Crippen LogP contribution in [0.25, 0.3) is 0 Å². The first kappa shape index (κ1) is 22.4. The number of carbonyl (C=O) groups excluding carboxylic acids is 1. The molecular weight excluding hydrogens is 446 g/mol. The van der Waals surface area contributed by atoms with Crippen molar-refractivity contribution >= 4 is 34.7 Å². The predicted octanol–water partition coefficient (Wildman–Crippen LogP) is 4.52. The second-order valence-corrected chi connectivity index (χ2v) is 9.54. The first-order chi connectivity index (χ1) is 15.0. The summed E-state index contributed by atoms with van der Waals surface area (Å²) in [6.45, 7) is 2.71. The smallest absolute Gasteiger partial charge is 0.272 e. The van der Waals surface area contributed by atoms with Gasteiger partial charge in [0.05, 0.1) is 9.75 Å². The number of anilines is 1. The minimum Gasteiger partial charge on any atom is -0.385 e. The highest BCUT2D eigenvalue weighted by atomic mass is 35.5. The van der Waals surface area contributed by atoms with Crippen molar-refractivity contribution in [1.29, 1.82) is 0 Å². The van der Waals surface area contributed by atoms with E-state index >= 15 is 0 Å². The maximum atomic E-state index is 12.9. The molecule has 0 aromatic carbocycles. The fraction of sp³-hybridized carbons (Fsp3) is 0.571. The molecule has 0 N–H and O–H groups in total. The van der Waals surface area contributed by atoms with Crippen molar-refractivity contribution in [3.05, 3.63) is 39.2 Å². The summed E-state index contributed by atoms with van der Waals surface area (Å²) >= 11 is 6.81. The second-order valence-electron chi connectivity index (χ2n) is 8.04. The third-order valence-corrected chi connectivity index (χ3v) is 7.50. The van der Waals surface area contributed by atoms with E-state index in [1.165, 1.54) is 12.1 Å². The fourth-order valence-corrected chi connectivity index (χ4v) is 5.75. The highest BCUT2D eigenvalue weighted by Gasteiger charge is 2.46. The van der Waals surface area contributed by atoms with Gasteiger partial charge in [0.1, 0.15) is 0 Å². The Morgan fingerprint density at radius 3 is 2.81 bits per heavy atom. The number of methoxy groups -OCH3 is 1. The molecule has 2 fully saturated rings.